The molecule has 0 aliphatic rings. The number of hydrogen-bond donors (Lipinski definition) is 1. The van der Waals surface area contributed by atoms with Crippen LogP contribution in [0.3, 0.4) is 0 Å². The number of thioether (sulfide) groups is 1. The summed E-state index contributed by atoms with van der Waals surface area (Å²) in [5, 5.41) is 13.0. The largest absolute Gasteiger partial charge is 0.325 e. The normalized spacial score (nSPS) is 11.8. The van der Waals surface area contributed by atoms with Crippen LogP contribution in [0.2, 0.25) is 0 Å². The molecule has 3 aromatic rings. The second-order valence-corrected chi connectivity index (χ2v) is 8.85. The SMILES string of the molecule is CC[C@H](C)CCCCn1c(SCC(=O)Nc2cccc(C#N)c2)nc2ccccc2c1=O. The van der Waals surface area contributed by atoms with Gasteiger partial charge in [-0.1, -0.05) is 63.1 Å². The molecule has 0 saturated heterocycles. The molecule has 0 aliphatic carbocycles. The van der Waals surface area contributed by atoms with Gasteiger partial charge in [-0.3, -0.25) is 14.2 Å². The molecule has 1 aromatic heterocycles. The average molecular weight is 449 g/mol. The predicted molar refractivity (Wildman–Crippen MR) is 130 cm³/mol. The summed E-state index contributed by atoms with van der Waals surface area (Å²) in [7, 11) is 0. The average Bonchev–Trinajstić information content (AvgIpc) is 2.81. The van der Waals surface area contributed by atoms with Crippen molar-refractivity contribution in [1.82, 2.24) is 9.55 Å². The van der Waals surface area contributed by atoms with Crippen molar-refractivity contribution in [3.8, 4) is 6.07 Å². The van der Waals surface area contributed by atoms with Gasteiger partial charge in [0.25, 0.3) is 5.56 Å². The van der Waals surface area contributed by atoms with E-state index >= 15 is 0 Å². The molecule has 0 fully saturated rings. The van der Waals surface area contributed by atoms with Gasteiger partial charge in [0.2, 0.25) is 5.91 Å². The number of carbonyl (C=O) groups excluding carboxylic acids is 1. The summed E-state index contributed by atoms with van der Waals surface area (Å²) < 4.78 is 1.70. The molecule has 0 bridgehead atoms. The van der Waals surface area contributed by atoms with Crippen LogP contribution in [0.5, 0.6) is 0 Å². The number of unbranched alkanes of at least 4 members (excludes halogenated alkanes) is 1. The lowest BCUT2D eigenvalue weighted by atomic mass is 10.0. The first-order chi connectivity index (χ1) is 15.5. The quantitative estimate of drug-likeness (QED) is 0.261. The summed E-state index contributed by atoms with van der Waals surface area (Å²) in [6.07, 6.45) is 4.24. The zero-order valence-electron chi connectivity index (χ0n) is 18.5. The molecule has 0 saturated carbocycles. The lowest BCUT2D eigenvalue weighted by Crippen LogP contribution is -2.24. The third kappa shape index (κ3) is 6.21. The molecule has 2 aromatic carbocycles. The van der Waals surface area contributed by atoms with E-state index in [1.807, 2.05) is 18.2 Å². The Labute approximate surface area is 192 Å². The number of aromatic nitrogens is 2. The van der Waals surface area contributed by atoms with E-state index in [1.54, 1.807) is 34.9 Å². The highest BCUT2D eigenvalue weighted by molar-refractivity contribution is 7.99. The third-order valence-electron chi connectivity index (χ3n) is 5.46. The highest BCUT2D eigenvalue weighted by Crippen LogP contribution is 2.20. The first-order valence-corrected chi connectivity index (χ1v) is 11.9. The highest BCUT2D eigenvalue weighted by Gasteiger charge is 2.13. The number of benzene rings is 2. The van der Waals surface area contributed by atoms with E-state index < -0.39 is 0 Å². The van der Waals surface area contributed by atoms with E-state index in [0.29, 0.717) is 39.8 Å². The van der Waals surface area contributed by atoms with Gasteiger partial charge >= 0.3 is 0 Å². The summed E-state index contributed by atoms with van der Waals surface area (Å²) >= 11 is 1.26. The molecule has 7 heteroatoms. The van der Waals surface area contributed by atoms with Gasteiger partial charge in [0, 0.05) is 12.2 Å². The standard InChI is InChI=1S/C25H28N4O2S/c1-3-18(2)9-6-7-14-29-24(31)21-12-4-5-13-22(21)28-25(29)32-17-23(30)27-20-11-8-10-19(15-20)16-26/h4-5,8,10-13,15,18H,3,6-7,9,14,17H2,1-2H3,(H,27,30)/t18-/m0/s1. The van der Waals surface area contributed by atoms with E-state index in [0.717, 1.165) is 25.7 Å². The Balaban J connectivity index is 1.74. The van der Waals surface area contributed by atoms with Crippen molar-refractivity contribution in [1.29, 1.82) is 5.26 Å². The number of para-hydroxylation sites is 1. The topological polar surface area (TPSA) is 87.8 Å². The maximum Gasteiger partial charge on any atom is 0.262 e. The molecule has 1 atom stereocenters. The maximum atomic E-state index is 13.1. The molecule has 3 rings (SSSR count). The summed E-state index contributed by atoms with van der Waals surface area (Å²) in [6, 6.07) is 16.2. The third-order valence-corrected chi connectivity index (χ3v) is 6.44. The van der Waals surface area contributed by atoms with E-state index in [-0.39, 0.29) is 17.2 Å². The Hall–Kier alpha value is -3.11. The van der Waals surface area contributed by atoms with Gasteiger partial charge in [0.1, 0.15) is 0 Å². The second-order valence-electron chi connectivity index (χ2n) is 7.91. The number of anilines is 1. The Morgan fingerprint density at radius 2 is 2.03 bits per heavy atom. The van der Waals surface area contributed by atoms with Crippen LogP contribution in [0.4, 0.5) is 5.69 Å². The number of hydrogen-bond acceptors (Lipinski definition) is 5. The van der Waals surface area contributed by atoms with Gasteiger partial charge in [-0.15, -0.1) is 0 Å². The van der Waals surface area contributed by atoms with Gasteiger partial charge in [-0.2, -0.15) is 5.26 Å². The van der Waals surface area contributed by atoms with Crippen LogP contribution in [0.15, 0.2) is 58.5 Å². The number of nitriles is 1. The van der Waals surface area contributed by atoms with E-state index in [9.17, 15) is 9.59 Å². The van der Waals surface area contributed by atoms with Crippen molar-refractivity contribution >= 4 is 34.3 Å². The summed E-state index contributed by atoms with van der Waals surface area (Å²) in [6.45, 7) is 5.02. The summed E-state index contributed by atoms with van der Waals surface area (Å²) in [5.41, 5.74) is 1.63. The fourth-order valence-corrected chi connectivity index (χ4v) is 4.24. The predicted octanol–water partition coefficient (Wildman–Crippen LogP) is 5.22. The zero-order chi connectivity index (χ0) is 22.9. The number of nitrogens with zero attached hydrogens (tertiary/aromatic N) is 3. The van der Waals surface area contributed by atoms with Crippen molar-refractivity contribution < 1.29 is 4.79 Å². The summed E-state index contributed by atoms with van der Waals surface area (Å²) in [4.78, 5) is 30.3. The smallest absolute Gasteiger partial charge is 0.262 e. The Morgan fingerprint density at radius 1 is 1.22 bits per heavy atom. The molecule has 1 N–H and O–H groups in total. The number of carbonyl (C=O) groups is 1. The van der Waals surface area contributed by atoms with Crippen molar-refractivity contribution in [2.75, 3.05) is 11.1 Å². The molecule has 166 valence electrons. The molecule has 6 nitrogen and oxygen atoms in total. The molecule has 0 unspecified atom stereocenters. The van der Waals surface area contributed by atoms with Crippen molar-refractivity contribution in [3.05, 3.63) is 64.4 Å². The van der Waals surface area contributed by atoms with Crippen LogP contribution in [0.1, 0.15) is 45.1 Å². The van der Waals surface area contributed by atoms with Crippen LogP contribution >= 0.6 is 11.8 Å². The Morgan fingerprint density at radius 3 is 2.81 bits per heavy atom. The number of rotatable bonds is 10. The van der Waals surface area contributed by atoms with Crippen LogP contribution in [-0.2, 0) is 11.3 Å². The lowest BCUT2D eigenvalue weighted by molar-refractivity contribution is -0.113. The zero-order valence-corrected chi connectivity index (χ0v) is 19.3. The minimum absolute atomic E-state index is 0.0660. The van der Waals surface area contributed by atoms with Crippen molar-refractivity contribution in [2.45, 2.75) is 51.2 Å². The van der Waals surface area contributed by atoms with Crippen LogP contribution < -0.4 is 10.9 Å². The van der Waals surface area contributed by atoms with E-state index in [4.69, 9.17) is 5.26 Å². The second kappa shape index (κ2) is 11.5. The first kappa shape index (κ1) is 23.6. The number of fused-ring (bicyclic) bond motifs is 1. The van der Waals surface area contributed by atoms with Crippen molar-refractivity contribution in [3.63, 3.8) is 0 Å². The lowest BCUT2D eigenvalue weighted by Gasteiger charge is -2.14. The van der Waals surface area contributed by atoms with Gasteiger partial charge < -0.3 is 5.32 Å². The van der Waals surface area contributed by atoms with Gasteiger partial charge in [-0.25, -0.2) is 4.98 Å². The van der Waals surface area contributed by atoms with Crippen LogP contribution in [0.25, 0.3) is 10.9 Å². The monoisotopic (exact) mass is 448 g/mol. The summed E-state index contributed by atoms with van der Waals surface area (Å²) in [5.74, 6) is 0.586. The Bertz CT molecular complexity index is 1180. The Kier molecular flexibility index (Phi) is 8.46. The van der Waals surface area contributed by atoms with Crippen molar-refractivity contribution in [2.24, 2.45) is 5.92 Å². The van der Waals surface area contributed by atoms with Gasteiger partial charge in [0.15, 0.2) is 5.16 Å². The number of nitrogens with one attached hydrogen (secondary N) is 1. The molecule has 1 heterocycles. The van der Waals surface area contributed by atoms with Gasteiger partial charge in [-0.05, 0) is 42.7 Å². The fourth-order valence-electron chi connectivity index (χ4n) is 3.42. The molecular weight excluding hydrogens is 420 g/mol. The molecule has 32 heavy (non-hydrogen) atoms. The van der Waals surface area contributed by atoms with Crippen LogP contribution in [-0.4, -0.2) is 21.2 Å². The molecule has 0 radical (unpaired) electrons. The van der Waals surface area contributed by atoms with Gasteiger partial charge in [0.05, 0.1) is 28.3 Å². The molecule has 0 aliphatic heterocycles. The highest BCUT2D eigenvalue weighted by atomic mass is 32.2. The minimum Gasteiger partial charge on any atom is -0.325 e. The molecule has 0 spiro atoms. The first-order valence-electron chi connectivity index (χ1n) is 10.9. The minimum atomic E-state index is -0.212. The maximum absolute atomic E-state index is 13.1. The fraction of sp³-hybridized carbons (Fsp3) is 0.360. The number of amides is 1. The molecular formula is C25H28N4O2S. The van der Waals surface area contributed by atoms with E-state index in [2.05, 4.69) is 30.2 Å². The van der Waals surface area contributed by atoms with E-state index in [1.165, 1.54) is 11.8 Å². The van der Waals surface area contributed by atoms with Crippen LogP contribution in [0, 0.1) is 17.2 Å². The molecule has 1 amide bonds.